The number of halogens is 1. The van der Waals surface area contributed by atoms with Crippen LogP contribution in [-0.4, -0.2) is 23.2 Å². The van der Waals surface area contributed by atoms with Crippen molar-refractivity contribution >= 4 is 5.97 Å². The van der Waals surface area contributed by atoms with Gasteiger partial charge in [-0.3, -0.25) is 4.98 Å². The molecule has 1 N–H and O–H groups in total. The van der Waals surface area contributed by atoms with Crippen molar-refractivity contribution in [3.63, 3.8) is 0 Å². The fourth-order valence-electron chi connectivity index (χ4n) is 1.87. The summed E-state index contributed by atoms with van der Waals surface area (Å²) in [6.45, 7) is 0. The third-order valence-corrected chi connectivity index (χ3v) is 2.76. The summed E-state index contributed by atoms with van der Waals surface area (Å²) in [5.41, 5.74) is 1.25. The van der Waals surface area contributed by atoms with E-state index in [0.29, 0.717) is 16.9 Å². The van der Waals surface area contributed by atoms with Crippen LogP contribution in [0.1, 0.15) is 21.5 Å². The highest BCUT2D eigenvalue weighted by atomic mass is 19.1. The van der Waals surface area contributed by atoms with Gasteiger partial charge in [0.1, 0.15) is 11.6 Å². The van der Waals surface area contributed by atoms with Gasteiger partial charge in [0, 0.05) is 24.4 Å². The summed E-state index contributed by atoms with van der Waals surface area (Å²) in [5, 5.41) is 9.09. The first-order chi connectivity index (χ1) is 9.11. The van der Waals surface area contributed by atoms with Crippen LogP contribution in [0.5, 0.6) is 5.75 Å². The largest absolute Gasteiger partial charge is 0.496 e. The number of aromatic carboxylic acids is 1. The van der Waals surface area contributed by atoms with E-state index in [1.165, 1.54) is 43.8 Å². The van der Waals surface area contributed by atoms with Crippen LogP contribution >= 0.6 is 0 Å². The molecule has 0 aliphatic heterocycles. The Labute approximate surface area is 109 Å². The van der Waals surface area contributed by atoms with Crippen molar-refractivity contribution in [2.24, 2.45) is 0 Å². The lowest BCUT2D eigenvalue weighted by molar-refractivity contribution is 0.0695. The monoisotopic (exact) mass is 261 g/mol. The van der Waals surface area contributed by atoms with Crippen LogP contribution in [-0.2, 0) is 6.42 Å². The Hall–Kier alpha value is -2.43. The first kappa shape index (κ1) is 13.0. The number of carboxylic acids is 1. The lowest BCUT2D eigenvalue weighted by Gasteiger charge is -2.10. The molecule has 98 valence electrons. The van der Waals surface area contributed by atoms with Gasteiger partial charge in [0.25, 0.3) is 0 Å². The molecule has 1 aromatic heterocycles. The van der Waals surface area contributed by atoms with E-state index in [-0.39, 0.29) is 12.0 Å². The van der Waals surface area contributed by atoms with Gasteiger partial charge >= 0.3 is 5.97 Å². The number of pyridine rings is 1. The number of hydrogen-bond donors (Lipinski definition) is 1. The maximum atomic E-state index is 13.3. The molecule has 0 spiro atoms. The normalized spacial score (nSPS) is 10.2. The average Bonchev–Trinajstić information content (AvgIpc) is 2.39. The molecule has 19 heavy (non-hydrogen) atoms. The van der Waals surface area contributed by atoms with Crippen LogP contribution in [0, 0.1) is 5.82 Å². The zero-order valence-corrected chi connectivity index (χ0v) is 10.3. The molecule has 0 fully saturated rings. The third-order valence-electron chi connectivity index (χ3n) is 2.76. The predicted molar refractivity (Wildman–Crippen MR) is 67.0 cm³/mol. The van der Waals surface area contributed by atoms with Crippen molar-refractivity contribution in [1.29, 1.82) is 0 Å². The summed E-state index contributed by atoms with van der Waals surface area (Å²) in [4.78, 5) is 15.0. The number of hydrogen-bond acceptors (Lipinski definition) is 3. The molecule has 0 saturated heterocycles. The molecule has 2 rings (SSSR count). The van der Waals surface area contributed by atoms with Gasteiger partial charge in [-0.1, -0.05) is 0 Å². The van der Waals surface area contributed by atoms with Crippen molar-refractivity contribution in [2.75, 3.05) is 7.11 Å². The molecule has 0 aliphatic carbocycles. The molecular weight excluding hydrogens is 249 g/mol. The number of carboxylic acid groups (broad SMARTS) is 1. The lowest BCUT2D eigenvalue weighted by Crippen LogP contribution is -2.04. The van der Waals surface area contributed by atoms with Gasteiger partial charge in [-0.05, 0) is 29.8 Å². The minimum absolute atomic E-state index is 0.154. The van der Waals surface area contributed by atoms with Crippen LogP contribution in [0.2, 0.25) is 0 Å². The fraction of sp³-hybridized carbons (Fsp3) is 0.143. The van der Waals surface area contributed by atoms with Crippen LogP contribution in [0.15, 0.2) is 36.7 Å². The van der Waals surface area contributed by atoms with Gasteiger partial charge in [0.15, 0.2) is 0 Å². The highest BCUT2D eigenvalue weighted by Crippen LogP contribution is 2.23. The Kier molecular flexibility index (Phi) is 3.75. The molecular formula is C14H12FNO3. The van der Waals surface area contributed by atoms with E-state index in [1.54, 1.807) is 0 Å². The van der Waals surface area contributed by atoms with Crippen molar-refractivity contribution in [1.82, 2.24) is 4.98 Å². The number of benzene rings is 1. The van der Waals surface area contributed by atoms with Crippen molar-refractivity contribution in [2.45, 2.75) is 6.42 Å². The van der Waals surface area contributed by atoms with E-state index in [1.807, 2.05) is 0 Å². The number of aromatic nitrogens is 1. The second kappa shape index (κ2) is 5.48. The smallest absolute Gasteiger partial charge is 0.336 e. The second-order valence-electron chi connectivity index (χ2n) is 3.97. The van der Waals surface area contributed by atoms with Gasteiger partial charge in [0.2, 0.25) is 0 Å². The molecule has 0 atom stereocenters. The molecule has 0 aliphatic rings. The summed E-state index contributed by atoms with van der Waals surface area (Å²) < 4.78 is 18.4. The highest BCUT2D eigenvalue weighted by molar-refractivity contribution is 5.89. The first-order valence-electron chi connectivity index (χ1n) is 5.60. The number of ether oxygens (including phenoxy) is 1. The molecule has 0 amide bonds. The molecule has 1 aromatic carbocycles. The SMILES string of the molecule is COc1ccc(F)cc1Cc1cnccc1C(=O)O. The molecule has 1 heterocycles. The predicted octanol–water partition coefficient (Wildman–Crippen LogP) is 2.52. The third kappa shape index (κ3) is 2.88. The Morgan fingerprint density at radius 2 is 2.16 bits per heavy atom. The molecule has 4 nitrogen and oxygen atoms in total. The molecule has 5 heteroatoms. The van der Waals surface area contributed by atoms with Crippen molar-refractivity contribution in [3.05, 3.63) is 59.2 Å². The number of carbonyl (C=O) groups is 1. The quantitative estimate of drug-likeness (QED) is 0.918. The zero-order chi connectivity index (χ0) is 13.8. The summed E-state index contributed by atoms with van der Waals surface area (Å²) in [6, 6.07) is 5.56. The molecule has 0 saturated carbocycles. The maximum absolute atomic E-state index is 13.3. The van der Waals surface area contributed by atoms with Gasteiger partial charge in [-0.25, -0.2) is 9.18 Å². The van der Waals surface area contributed by atoms with E-state index in [2.05, 4.69) is 4.98 Å². The molecule has 0 radical (unpaired) electrons. The second-order valence-corrected chi connectivity index (χ2v) is 3.97. The van der Waals surface area contributed by atoms with E-state index in [4.69, 9.17) is 9.84 Å². The van der Waals surface area contributed by atoms with Crippen LogP contribution in [0.4, 0.5) is 4.39 Å². The zero-order valence-electron chi connectivity index (χ0n) is 10.3. The average molecular weight is 261 g/mol. The van der Waals surface area contributed by atoms with Crippen molar-refractivity contribution in [3.8, 4) is 5.75 Å². The minimum atomic E-state index is -1.03. The van der Waals surface area contributed by atoms with E-state index >= 15 is 0 Å². The van der Waals surface area contributed by atoms with Gasteiger partial charge < -0.3 is 9.84 Å². The Balaban J connectivity index is 2.41. The van der Waals surface area contributed by atoms with E-state index in [9.17, 15) is 9.18 Å². The maximum Gasteiger partial charge on any atom is 0.336 e. The summed E-state index contributed by atoms with van der Waals surface area (Å²) in [7, 11) is 1.48. The Morgan fingerprint density at radius 3 is 2.84 bits per heavy atom. The fourth-order valence-corrected chi connectivity index (χ4v) is 1.87. The summed E-state index contributed by atoms with van der Waals surface area (Å²) >= 11 is 0. The number of rotatable bonds is 4. The summed E-state index contributed by atoms with van der Waals surface area (Å²) in [5.74, 6) is -0.911. The standard InChI is InChI=1S/C14H12FNO3/c1-19-13-3-2-11(15)7-9(13)6-10-8-16-5-4-12(10)14(17)18/h2-5,7-8H,6H2,1H3,(H,17,18). The molecule has 2 aromatic rings. The number of methoxy groups -OCH3 is 1. The summed E-state index contributed by atoms with van der Waals surface area (Å²) in [6.07, 6.45) is 3.12. The van der Waals surface area contributed by atoms with E-state index in [0.717, 1.165) is 0 Å². The van der Waals surface area contributed by atoms with Crippen LogP contribution in [0.25, 0.3) is 0 Å². The Morgan fingerprint density at radius 1 is 1.37 bits per heavy atom. The van der Waals surface area contributed by atoms with Crippen LogP contribution < -0.4 is 4.74 Å². The van der Waals surface area contributed by atoms with Gasteiger partial charge in [-0.2, -0.15) is 0 Å². The van der Waals surface area contributed by atoms with Gasteiger partial charge in [-0.15, -0.1) is 0 Å². The topological polar surface area (TPSA) is 59.4 Å². The van der Waals surface area contributed by atoms with Crippen molar-refractivity contribution < 1.29 is 19.0 Å². The molecule has 0 bridgehead atoms. The first-order valence-corrected chi connectivity index (χ1v) is 5.60. The minimum Gasteiger partial charge on any atom is -0.496 e. The highest BCUT2D eigenvalue weighted by Gasteiger charge is 2.13. The Bertz CT molecular complexity index is 613. The van der Waals surface area contributed by atoms with E-state index < -0.39 is 11.8 Å². The molecule has 0 unspecified atom stereocenters. The van der Waals surface area contributed by atoms with Gasteiger partial charge in [0.05, 0.1) is 12.7 Å². The van der Waals surface area contributed by atoms with Crippen LogP contribution in [0.3, 0.4) is 0 Å². The lowest BCUT2D eigenvalue weighted by atomic mass is 10.0. The number of nitrogens with zero attached hydrogens (tertiary/aromatic N) is 1.